The van der Waals surface area contributed by atoms with E-state index in [2.05, 4.69) is 9.97 Å². The summed E-state index contributed by atoms with van der Waals surface area (Å²) in [6.07, 6.45) is 1.22. The number of carboxylic acid groups (broad SMARTS) is 1. The summed E-state index contributed by atoms with van der Waals surface area (Å²) in [6.45, 7) is 0. The Balaban J connectivity index is 2.03. The number of halogens is 1. The minimum Gasteiger partial charge on any atom is -0.481 e. The maximum atomic E-state index is 13.6. The van der Waals surface area contributed by atoms with Crippen molar-refractivity contribution in [2.75, 3.05) is 5.75 Å². The lowest BCUT2D eigenvalue weighted by Gasteiger charge is -2.14. The van der Waals surface area contributed by atoms with E-state index in [1.807, 2.05) is 6.07 Å². The summed E-state index contributed by atoms with van der Waals surface area (Å²) < 4.78 is 24.3. The van der Waals surface area contributed by atoms with Crippen molar-refractivity contribution in [2.45, 2.75) is 9.92 Å². The van der Waals surface area contributed by atoms with Crippen LogP contribution in [0.25, 0.3) is 27.8 Å². The number of thioether (sulfide) groups is 1. The summed E-state index contributed by atoms with van der Waals surface area (Å²) >= 11 is 6.85. The van der Waals surface area contributed by atoms with Crippen LogP contribution in [0.2, 0.25) is 5.02 Å². The van der Waals surface area contributed by atoms with Crippen LogP contribution in [0, 0.1) is 11.3 Å². The summed E-state index contributed by atoms with van der Waals surface area (Å²) in [4.78, 5) is 33.2. The van der Waals surface area contributed by atoms with Gasteiger partial charge in [0, 0.05) is 10.6 Å². The minimum atomic E-state index is -3.92. The highest BCUT2D eigenvalue weighted by molar-refractivity contribution is 7.99. The number of hydrogen-bond donors (Lipinski definition) is 2. The van der Waals surface area contributed by atoms with E-state index in [0.717, 1.165) is 11.8 Å². The van der Waals surface area contributed by atoms with Crippen molar-refractivity contribution < 1.29 is 18.3 Å². The van der Waals surface area contributed by atoms with Gasteiger partial charge in [0.15, 0.2) is 5.65 Å². The van der Waals surface area contributed by atoms with Gasteiger partial charge in [-0.25, -0.2) is 23.5 Å². The Bertz CT molecular complexity index is 1680. The zero-order valence-electron chi connectivity index (χ0n) is 17.5. The van der Waals surface area contributed by atoms with Crippen molar-refractivity contribution in [1.82, 2.24) is 14.5 Å². The first-order valence-corrected chi connectivity index (χ1v) is 12.6. The van der Waals surface area contributed by atoms with Crippen LogP contribution >= 0.6 is 23.4 Å². The van der Waals surface area contributed by atoms with Crippen LogP contribution in [-0.2, 0) is 14.8 Å². The van der Waals surface area contributed by atoms with Crippen LogP contribution in [-0.4, -0.2) is 39.8 Å². The van der Waals surface area contributed by atoms with Gasteiger partial charge in [0.1, 0.15) is 17.4 Å². The summed E-state index contributed by atoms with van der Waals surface area (Å²) in [5.41, 5.74) is 0.493. The highest BCUT2D eigenvalue weighted by Crippen LogP contribution is 2.35. The number of fused-ring (bicyclic) bond motifs is 1. The number of nitrogens with two attached hydrogens (primary N) is 1. The van der Waals surface area contributed by atoms with Crippen molar-refractivity contribution in [2.24, 2.45) is 5.14 Å². The monoisotopic (exact) mass is 527 g/mol. The lowest BCUT2D eigenvalue weighted by Crippen LogP contribution is -2.21. The van der Waals surface area contributed by atoms with Gasteiger partial charge < -0.3 is 5.11 Å². The molecule has 176 valence electrons. The number of carbonyl (C=O) groups is 1. The Morgan fingerprint density at radius 2 is 1.83 bits per heavy atom. The number of primary sulfonamides is 1. The Morgan fingerprint density at radius 1 is 1.17 bits per heavy atom. The first-order valence-electron chi connectivity index (χ1n) is 9.69. The highest BCUT2D eigenvalue weighted by atomic mass is 35.5. The van der Waals surface area contributed by atoms with E-state index in [1.54, 1.807) is 24.3 Å². The van der Waals surface area contributed by atoms with Gasteiger partial charge in [-0.15, -0.1) is 0 Å². The molecule has 0 saturated heterocycles. The van der Waals surface area contributed by atoms with Crippen LogP contribution < -0.4 is 10.7 Å². The smallest absolute Gasteiger partial charge is 0.313 e. The Morgan fingerprint density at radius 3 is 2.40 bits per heavy atom. The zero-order chi connectivity index (χ0) is 25.3. The minimum absolute atomic E-state index is 0.0178. The molecule has 2 aromatic heterocycles. The number of nitrogens with zero attached hydrogens (tertiary/aromatic N) is 4. The normalized spacial score (nSPS) is 11.3. The molecule has 0 amide bonds. The number of rotatable bonds is 6. The van der Waals surface area contributed by atoms with E-state index in [1.165, 1.54) is 35.2 Å². The van der Waals surface area contributed by atoms with Gasteiger partial charge in [-0.1, -0.05) is 35.5 Å². The number of nitriles is 1. The van der Waals surface area contributed by atoms with Crippen molar-refractivity contribution in [3.8, 4) is 22.9 Å². The molecule has 0 aliphatic carbocycles. The Labute approximate surface area is 207 Å². The Hall–Kier alpha value is -3.76. The molecule has 35 heavy (non-hydrogen) atoms. The van der Waals surface area contributed by atoms with E-state index in [0.29, 0.717) is 16.3 Å². The topological polar surface area (TPSA) is 169 Å². The molecule has 0 saturated carbocycles. The second kappa shape index (κ2) is 9.47. The van der Waals surface area contributed by atoms with Crippen LogP contribution in [0.5, 0.6) is 0 Å². The first kappa shape index (κ1) is 24.4. The van der Waals surface area contributed by atoms with Crippen LogP contribution in [0.3, 0.4) is 0 Å². The van der Waals surface area contributed by atoms with Gasteiger partial charge in [0.25, 0.3) is 5.56 Å². The first-order chi connectivity index (χ1) is 16.6. The van der Waals surface area contributed by atoms with E-state index in [4.69, 9.17) is 21.8 Å². The van der Waals surface area contributed by atoms with E-state index < -0.39 is 21.6 Å². The number of pyridine rings is 1. The number of hydrogen-bond acceptors (Lipinski definition) is 8. The Kier molecular flexibility index (Phi) is 6.60. The number of carboxylic acids is 1. The summed E-state index contributed by atoms with van der Waals surface area (Å²) in [6, 6.07) is 13.8. The molecule has 0 aliphatic rings. The van der Waals surface area contributed by atoms with Crippen molar-refractivity contribution in [3.63, 3.8) is 0 Å². The summed E-state index contributed by atoms with van der Waals surface area (Å²) in [5, 5.41) is 24.8. The maximum Gasteiger partial charge on any atom is 0.313 e. The number of aromatic nitrogens is 3. The maximum absolute atomic E-state index is 13.6. The van der Waals surface area contributed by atoms with Crippen LogP contribution in [0.15, 0.2) is 69.6 Å². The molecule has 2 heterocycles. The molecule has 0 bridgehead atoms. The van der Waals surface area contributed by atoms with Crippen molar-refractivity contribution in [1.29, 1.82) is 5.26 Å². The molecule has 3 N–H and O–H groups in total. The van der Waals surface area contributed by atoms with Gasteiger partial charge >= 0.3 is 5.97 Å². The van der Waals surface area contributed by atoms with Gasteiger partial charge in [-0.05, 0) is 42.0 Å². The second-order valence-corrected chi connectivity index (χ2v) is 10.1. The fourth-order valence-electron chi connectivity index (χ4n) is 3.36. The lowest BCUT2D eigenvalue weighted by atomic mass is 9.99. The van der Waals surface area contributed by atoms with Crippen molar-refractivity contribution >= 4 is 50.4 Å². The third kappa shape index (κ3) is 4.89. The summed E-state index contributed by atoms with van der Waals surface area (Å²) in [5.74, 6) is -1.44. The number of aliphatic carboxylic acids is 1. The van der Waals surface area contributed by atoms with Gasteiger partial charge in [-0.2, -0.15) is 5.26 Å². The molecule has 0 radical (unpaired) electrons. The standard InChI is InChI=1S/C22H14ClN5O5S2/c23-13-3-1-12(2-4-13)18-16(9-24)21(34-10-17(29)30)27-20-19(18)22(31)28(11-26-20)14-5-7-15(8-6-14)35(25,32)33/h1-8,11H,10H2,(H,29,30)(H2,25,32,33). The SMILES string of the molecule is N#Cc1c(SCC(=O)O)nc2ncn(-c3ccc(S(N)(=O)=O)cc3)c(=O)c2c1-c1ccc(Cl)cc1. The molecule has 0 fully saturated rings. The molecule has 0 spiro atoms. The van der Waals surface area contributed by atoms with Crippen molar-refractivity contribution in [3.05, 3.63) is 75.8 Å². The van der Waals surface area contributed by atoms with Crippen LogP contribution in [0.4, 0.5) is 0 Å². The molecule has 4 aromatic rings. The number of sulfonamides is 1. The molecule has 13 heteroatoms. The lowest BCUT2D eigenvalue weighted by molar-refractivity contribution is -0.133. The summed E-state index contributed by atoms with van der Waals surface area (Å²) in [7, 11) is -3.92. The van der Waals surface area contributed by atoms with Gasteiger partial charge in [0.05, 0.1) is 27.3 Å². The predicted octanol–water partition coefficient (Wildman–Crippen LogP) is 2.80. The van der Waals surface area contributed by atoms with E-state index in [-0.39, 0.29) is 37.8 Å². The molecule has 10 nitrogen and oxygen atoms in total. The molecule has 0 aliphatic heterocycles. The number of benzene rings is 2. The predicted molar refractivity (Wildman–Crippen MR) is 130 cm³/mol. The average Bonchev–Trinajstić information content (AvgIpc) is 2.82. The molecule has 4 rings (SSSR count). The molecule has 0 unspecified atom stereocenters. The third-order valence-corrected chi connectivity index (χ3v) is 7.03. The largest absolute Gasteiger partial charge is 0.481 e. The average molecular weight is 528 g/mol. The zero-order valence-corrected chi connectivity index (χ0v) is 19.9. The van der Waals surface area contributed by atoms with E-state index >= 15 is 0 Å². The second-order valence-electron chi connectivity index (χ2n) is 7.13. The molecule has 2 aromatic carbocycles. The molecular weight excluding hydrogens is 514 g/mol. The quantitative estimate of drug-likeness (QED) is 0.358. The fraction of sp³-hybridized carbons (Fsp3) is 0.0455. The highest BCUT2D eigenvalue weighted by Gasteiger charge is 2.22. The molecular formula is C22H14ClN5O5S2. The van der Waals surface area contributed by atoms with Gasteiger partial charge in [0.2, 0.25) is 10.0 Å². The third-order valence-electron chi connectivity index (χ3n) is 4.89. The van der Waals surface area contributed by atoms with Crippen LogP contribution in [0.1, 0.15) is 5.56 Å². The van der Waals surface area contributed by atoms with Gasteiger partial charge in [-0.3, -0.25) is 14.2 Å². The molecule has 0 atom stereocenters. The fourth-order valence-corrected chi connectivity index (χ4v) is 4.70. The van der Waals surface area contributed by atoms with E-state index in [9.17, 15) is 23.3 Å².